The Kier molecular flexibility index (Phi) is 4.10. The van der Waals surface area contributed by atoms with E-state index in [0.717, 1.165) is 6.42 Å². The number of rotatable bonds is 4. The first kappa shape index (κ1) is 15.2. The molecule has 0 bridgehead atoms. The maximum absolute atomic E-state index is 12.3. The Morgan fingerprint density at radius 2 is 2.17 bits per heavy atom. The van der Waals surface area contributed by atoms with Crippen LogP contribution >= 0.6 is 0 Å². The standard InChI is InChI=1S/C16H18N4O3/c1-2-7-20-9-10(8-13(20)21)17-16(23)14-18-12-6-4-3-5-11(12)15(22)19-14/h3-6,10H,2,7-9H2,1H3,(H,17,23)(H,18,19,22)/t10-/m1/s1. The van der Waals surface area contributed by atoms with Crippen LogP contribution in [-0.4, -0.2) is 45.8 Å². The molecule has 3 rings (SSSR count). The zero-order valence-electron chi connectivity index (χ0n) is 12.8. The molecule has 1 saturated heterocycles. The van der Waals surface area contributed by atoms with Gasteiger partial charge in [0.1, 0.15) is 0 Å². The van der Waals surface area contributed by atoms with E-state index in [1.165, 1.54) is 0 Å². The van der Waals surface area contributed by atoms with Gasteiger partial charge >= 0.3 is 0 Å². The summed E-state index contributed by atoms with van der Waals surface area (Å²) < 4.78 is 0. The van der Waals surface area contributed by atoms with E-state index < -0.39 is 5.91 Å². The molecule has 0 spiro atoms. The molecule has 2 amide bonds. The highest BCUT2D eigenvalue weighted by Gasteiger charge is 2.30. The molecule has 1 atom stereocenters. The van der Waals surface area contributed by atoms with Crippen molar-refractivity contribution in [1.82, 2.24) is 20.2 Å². The van der Waals surface area contributed by atoms with Gasteiger partial charge in [0, 0.05) is 19.5 Å². The topological polar surface area (TPSA) is 95.2 Å². The molecule has 1 aromatic carbocycles. The van der Waals surface area contributed by atoms with E-state index in [4.69, 9.17) is 0 Å². The lowest BCUT2D eigenvalue weighted by molar-refractivity contribution is -0.127. The van der Waals surface area contributed by atoms with Gasteiger partial charge in [-0.3, -0.25) is 14.4 Å². The summed E-state index contributed by atoms with van der Waals surface area (Å²) in [6.07, 6.45) is 1.16. The number of aromatic amines is 1. The average molecular weight is 314 g/mol. The summed E-state index contributed by atoms with van der Waals surface area (Å²) >= 11 is 0. The van der Waals surface area contributed by atoms with Gasteiger partial charge in [0.15, 0.2) is 5.82 Å². The maximum Gasteiger partial charge on any atom is 0.287 e. The van der Waals surface area contributed by atoms with Crippen LogP contribution in [0, 0.1) is 0 Å². The highest BCUT2D eigenvalue weighted by molar-refractivity contribution is 5.93. The molecule has 0 unspecified atom stereocenters. The van der Waals surface area contributed by atoms with Crippen LogP contribution in [0.15, 0.2) is 29.1 Å². The van der Waals surface area contributed by atoms with Crippen molar-refractivity contribution in [3.8, 4) is 0 Å². The monoisotopic (exact) mass is 314 g/mol. The summed E-state index contributed by atoms with van der Waals surface area (Å²) in [6.45, 7) is 3.19. The number of amides is 2. The van der Waals surface area contributed by atoms with Crippen LogP contribution in [0.5, 0.6) is 0 Å². The second-order valence-corrected chi connectivity index (χ2v) is 5.65. The highest BCUT2D eigenvalue weighted by atomic mass is 16.2. The number of H-pyrrole nitrogens is 1. The zero-order chi connectivity index (χ0) is 16.4. The SMILES string of the molecule is CCCN1C[C@H](NC(=O)c2nc3ccccc3c(=O)[nH]2)CC1=O. The van der Waals surface area contributed by atoms with Crippen molar-refractivity contribution in [2.75, 3.05) is 13.1 Å². The minimum absolute atomic E-state index is 0.0323. The summed E-state index contributed by atoms with van der Waals surface area (Å²) in [5, 5.41) is 3.21. The first-order valence-corrected chi connectivity index (χ1v) is 7.66. The third-order valence-corrected chi connectivity index (χ3v) is 3.87. The molecule has 0 saturated carbocycles. The number of hydrogen-bond acceptors (Lipinski definition) is 4. The predicted molar refractivity (Wildman–Crippen MR) is 85.1 cm³/mol. The van der Waals surface area contributed by atoms with E-state index >= 15 is 0 Å². The first-order valence-electron chi connectivity index (χ1n) is 7.66. The number of likely N-dealkylation sites (tertiary alicyclic amines) is 1. The van der Waals surface area contributed by atoms with Crippen LogP contribution in [0.1, 0.15) is 30.4 Å². The molecular formula is C16H18N4O3. The second-order valence-electron chi connectivity index (χ2n) is 5.65. The molecule has 7 nitrogen and oxygen atoms in total. The Balaban J connectivity index is 1.77. The fourth-order valence-electron chi connectivity index (χ4n) is 2.80. The molecule has 1 aliphatic heterocycles. The minimum Gasteiger partial charge on any atom is -0.344 e. The van der Waals surface area contributed by atoms with Crippen LogP contribution in [-0.2, 0) is 4.79 Å². The Labute approximate surface area is 132 Å². The van der Waals surface area contributed by atoms with Gasteiger partial charge in [-0.2, -0.15) is 0 Å². The molecule has 2 N–H and O–H groups in total. The fourth-order valence-corrected chi connectivity index (χ4v) is 2.80. The van der Waals surface area contributed by atoms with Crippen molar-refractivity contribution in [3.05, 3.63) is 40.4 Å². The number of carbonyl (C=O) groups excluding carboxylic acids is 2. The lowest BCUT2D eigenvalue weighted by atomic mass is 10.2. The van der Waals surface area contributed by atoms with Gasteiger partial charge in [0.2, 0.25) is 5.91 Å². The normalized spacial score (nSPS) is 17.7. The van der Waals surface area contributed by atoms with Crippen LogP contribution in [0.2, 0.25) is 0 Å². The molecular weight excluding hydrogens is 296 g/mol. The molecule has 2 heterocycles. The molecule has 23 heavy (non-hydrogen) atoms. The predicted octanol–water partition coefficient (Wildman–Crippen LogP) is 0.664. The summed E-state index contributed by atoms with van der Waals surface area (Å²) in [4.78, 5) is 44.5. The van der Waals surface area contributed by atoms with Crippen molar-refractivity contribution >= 4 is 22.7 Å². The Bertz CT molecular complexity index is 814. The van der Waals surface area contributed by atoms with E-state index in [-0.39, 0.29) is 29.8 Å². The molecule has 2 aromatic rings. The average Bonchev–Trinajstić information content (AvgIpc) is 2.87. The lowest BCUT2D eigenvalue weighted by Gasteiger charge is -2.15. The van der Waals surface area contributed by atoms with Gasteiger partial charge in [-0.15, -0.1) is 0 Å². The molecule has 0 aliphatic carbocycles. The molecule has 120 valence electrons. The van der Waals surface area contributed by atoms with Gasteiger partial charge in [0.05, 0.1) is 16.9 Å². The lowest BCUT2D eigenvalue weighted by Crippen LogP contribution is -2.38. The van der Waals surface area contributed by atoms with Crippen LogP contribution in [0.4, 0.5) is 0 Å². The Morgan fingerprint density at radius 1 is 1.39 bits per heavy atom. The van der Waals surface area contributed by atoms with Gasteiger partial charge in [-0.25, -0.2) is 4.98 Å². The summed E-state index contributed by atoms with van der Waals surface area (Å²) in [6, 6.07) is 6.59. The van der Waals surface area contributed by atoms with Crippen LogP contribution in [0.3, 0.4) is 0 Å². The maximum atomic E-state index is 12.3. The smallest absolute Gasteiger partial charge is 0.287 e. The number of nitrogens with one attached hydrogen (secondary N) is 2. The van der Waals surface area contributed by atoms with E-state index in [9.17, 15) is 14.4 Å². The van der Waals surface area contributed by atoms with Gasteiger partial charge < -0.3 is 15.2 Å². The number of carbonyl (C=O) groups is 2. The second kappa shape index (κ2) is 6.20. The van der Waals surface area contributed by atoms with Crippen LogP contribution in [0.25, 0.3) is 10.9 Å². The van der Waals surface area contributed by atoms with Crippen molar-refractivity contribution in [2.45, 2.75) is 25.8 Å². The van der Waals surface area contributed by atoms with Gasteiger partial charge in [0.25, 0.3) is 11.5 Å². The number of benzene rings is 1. The summed E-state index contributed by atoms with van der Waals surface area (Å²) in [5.74, 6) is -0.462. The van der Waals surface area contributed by atoms with E-state index in [0.29, 0.717) is 24.0 Å². The van der Waals surface area contributed by atoms with Crippen molar-refractivity contribution in [3.63, 3.8) is 0 Å². The quantitative estimate of drug-likeness (QED) is 0.867. The third kappa shape index (κ3) is 3.08. The minimum atomic E-state index is -0.469. The largest absolute Gasteiger partial charge is 0.344 e. The fraction of sp³-hybridized carbons (Fsp3) is 0.375. The molecule has 1 fully saturated rings. The van der Waals surface area contributed by atoms with E-state index in [2.05, 4.69) is 15.3 Å². The zero-order valence-corrected chi connectivity index (χ0v) is 12.8. The number of aromatic nitrogens is 2. The molecule has 1 aliphatic rings. The third-order valence-electron chi connectivity index (χ3n) is 3.87. The van der Waals surface area contributed by atoms with Crippen molar-refractivity contribution < 1.29 is 9.59 Å². The van der Waals surface area contributed by atoms with E-state index in [1.807, 2.05) is 6.92 Å². The highest BCUT2D eigenvalue weighted by Crippen LogP contribution is 2.12. The summed E-state index contributed by atoms with van der Waals surface area (Å²) in [7, 11) is 0. The van der Waals surface area contributed by atoms with Gasteiger partial charge in [-0.1, -0.05) is 19.1 Å². The molecule has 7 heteroatoms. The van der Waals surface area contributed by atoms with E-state index in [1.54, 1.807) is 29.2 Å². The molecule has 1 aromatic heterocycles. The summed E-state index contributed by atoms with van der Waals surface area (Å²) in [5.41, 5.74) is 0.118. The van der Waals surface area contributed by atoms with Crippen molar-refractivity contribution in [1.29, 1.82) is 0 Å². The van der Waals surface area contributed by atoms with Crippen molar-refractivity contribution in [2.24, 2.45) is 0 Å². The Morgan fingerprint density at radius 3 is 2.96 bits per heavy atom. The number of nitrogens with zero attached hydrogens (tertiary/aromatic N) is 2. The molecule has 0 radical (unpaired) electrons. The number of hydrogen-bond donors (Lipinski definition) is 2. The van der Waals surface area contributed by atoms with Gasteiger partial charge in [-0.05, 0) is 18.6 Å². The Hall–Kier alpha value is -2.70. The van der Waals surface area contributed by atoms with Crippen LogP contribution < -0.4 is 10.9 Å². The number of para-hydroxylation sites is 1. The number of fused-ring (bicyclic) bond motifs is 1. The first-order chi connectivity index (χ1) is 11.1.